The summed E-state index contributed by atoms with van der Waals surface area (Å²) in [5, 5.41) is 4.61. The lowest BCUT2D eigenvalue weighted by atomic mass is 10.0. The highest BCUT2D eigenvalue weighted by atomic mass is 35.5. The number of H-pyrrole nitrogens is 1. The van der Waals surface area contributed by atoms with E-state index >= 15 is 0 Å². The summed E-state index contributed by atoms with van der Waals surface area (Å²) < 4.78 is 16.4. The Morgan fingerprint density at radius 1 is 1.07 bits per heavy atom. The summed E-state index contributed by atoms with van der Waals surface area (Å²) in [6.45, 7) is 3.07. The Labute approximate surface area is 251 Å². The summed E-state index contributed by atoms with van der Waals surface area (Å²) in [7, 11) is 3.36. The molecule has 0 spiro atoms. The van der Waals surface area contributed by atoms with Gasteiger partial charge in [0.25, 0.3) is 0 Å². The van der Waals surface area contributed by atoms with Crippen molar-refractivity contribution < 1.29 is 19.0 Å². The molecule has 42 heavy (non-hydrogen) atoms. The van der Waals surface area contributed by atoms with E-state index in [1.807, 2.05) is 30.3 Å². The zero-order valence-electron chi connectivity index (χ0n) is 24.1. The van der Waals surface area contributed by atoms with E-state index in [1.165, 1.54) is 6.33 Å². The summed E-state index contributed by atoms with van der Waals surface area (Å²) >= 11 is 6.59. The normalized spacial score (nSPS) is 15.8. The SMILES string of the molecule is COC(CCCCCN1CCC[C@@H](Nc2ncnc3[nH]cc(C(=O)c4ccc(Oc5ccccc5)cc4Cl)c23)C1)OC. The van der Waals surface area contributed by atoms with Gasteiger partial charge in [-0.05, 0) is 69.5 Å². The number of nitrogens with one attached hydrogen (secondary N) is 2. The predicted molar refractivity (Wildman–Crippen MR) is 165 cm³/mol. The lowest BCUT2D eigenvalue weighted by Crippen LogP contribution is -2.42. The van der Waals surface area contributed by atoms with Crippen molar-refractivity contribution in [3.05, 3.63) is 77.2 Å². The number of aromatic nitrogens is 3. The van der Waals surface area contributed by atoms with Crippen LogP contribution in [0.1, 0.15) is 54.4 Å². The summed E-state index contributed by atoms with van der Waals surface area (Å²) in [4.78, 5) is 28.3. The first kappa shape index (κ1) is 30.0. The van der Waals surface area contributed by atoms with Crippen LogP contribution in [0.15, 0.2) is 61.1 Å². The number of rotatable bonds is 14. The number of likely N-dealkylation sites (tertiary alicyclic amines) is 1. The number of piperidine rings is 1. The molecule has 9 nitrogen and oxygen atoms in total. The monoisotopic (exact) mass is 591 g/mol. The van der Waals surface area contributed by atoms with Gasteiger partial charge in [0, 0.05) is 44.6 Å². The van der Waals surface area contributed by atoms with E-state index in [4.69, 9.17) is 25.8 Å². The lowest BCUT2D eigenvalue weighted by molar-refractivity contribution is -0.107. The van der Waals surface area contributed by atoms with E-state index in [0.29, 0.717) is 44.5 Å². The number of unbranched alkanes of at least 4 members (excludes halogenated alkanes) is 2. The van der Waals surface area contributed by atoms with Crippen LogP contribution in [0.25, 0.3) is 11.0 Å². The second kappa shape index (κ2) is 14.6. The highest BCUT2D eigenvalue weighted by Crippen LogP contribution is 2.32. The van der Waals surface area contributed by atoms with Crippen LogP contribution in [0.4, 0.5) is 5.82 Å². The van der Waals surface area contributed by atoms with E-state index in [9.17, 15) is 4.79 Å². The van der Waals surface area contributed by atoms with Gasteiger partial charge in [-0.3, -0.25) is 4.79 Å². The van der Waals surface area contributed by atoms with Gasteiger partial charge in [-0.2, -0.15) is 0 Å². The summed E-state index contributed by atoms with van der Waals surface area (Å²) in [6.07, 6.45) is 9.49. The molecule has 1 saturated heterocycles. The van der Waals surface area contributed by atoms with Crippen LogP contribution in [-0.2, 0) is 9.47 Å². The molecular weight excluding hydrogens is 554 g/mol. The summed E-state index contributed by atoms with van der Waals surface area (Å²) in [5.41, 5.74) is 1.47. The van der Waals surface area contributed by atoms with Gasteiger partial charge in [-0.15, -0.1) is 0 Å². The number of benzene rings is 2. The molecular formula is C32H38ClN5O4. The molecule has 1 atom stereocenters. The Balaban J connectivity index is 1.24. The van der Waals surface area contributed by atoms with Crippen molar-refractivity contribution in [1.29, 1.82) is 0 Å². The second-order valence-electron chi connectivity index (χ2n) is 10.6. The molecule has 1 aliphatic heterocycles. The molecule has 1 fully saturated rings. The minimum absolute atomic E-state index is 0.118. The Morgan fingerprint density at radius 3 is 2.69 bits per heavy atom. The highest BCUT2D eigenvalue weighted by molar-refractivity contribution is 6.35. The van der Waals surface area contributed by atoms with E-state index in [-0.39, 0.29) is 18.1 Å². The second-order valence-corrected chi connectivity index (χ2v) is 11.0. The van der Waals surface area contributed by atoms with Gasteiger partial charge in [0.2, 0.25) is 0 Å². The molecule has 0 aliphatic carbocycles. The van der Waals surface area contributed by atoms with Crippen LogP contribution in [0.2, 0.25) is 5.02 Å². The summed E-state index contributed by atoms with van der Waals surface area (Å²) in [5.74, 6) is 1.70. The number of carbonyl (C=O) groups excluding carboxylic acids is 1. The Kier molecular flexibility index (Phi) is 10.4. The van der Waals surface area contributed by atoms with Crippen LogP contribution in [0, 0.1) is 0 Å². The van der Waals surface area contributed by atoms with Crippen molar-refractivity contribution in [2.24, 2.45) is 0 Å². The first-order chi connectivity index (χ1) is 20.6. The molecule has 2 aromatic carbocycles. The molecule has 0 saturated carbocycles. The van der Waals surface area contributed by atoms with Crippen molar-refractivity contribution in [2.45, 2.75) is 50.9 Å². The highest BCUT2D eigenvalue weighted by Gasteiger charge is 2.24. The fourth-order valence-electron chi connectivity index (χ4n) is 5.49. The van der Waals surface area contributed by atoms with E-state index in [1.54, 1.807) is 38.6 Å². The third-order valence-corrected chi connectivity index (χ3v) is 7.98. The maximum Gasteiger partial charge on any atom is 0.196 e. The lowest BCUT2D eigenvalue weighted by Gasteiger charge is -2.33. The fourth-order valence-corrected chi connectivity index (χ4v) is 5.75. The number of methoxy groups -OCH3 is 2. The largest absolute Gasteiger partial charge is 0.457 e. The number of fused-ring (bicyclic) bond motifs is 1. The first-order valence-corrected chi connectivity index (χ1v) is 14.9. The molecule has 1 aliphatic rings. The number of anilines is 1. The minimum Gasteiger partial charge on any atom is -0.457 e. The van der Waals surface area contributed by atoms with Crippen LogP contribution >= 0.6 is 11.6 Å². The number of halogens is 1. The maximum absolute atomic E-state index is 13.7. The Bertz CT molecular complexity index is 1460. The maximum atomic E-state index is 13.7. The van der Waals surface area contributed by atoms with Crippen LogP contribution in [0.3, 0.4) is 0 Å². The van der Waals surface area contributed by atoms with Crippen LogP contribution in [-0.4, -0.2) is 71.8 Å². The number of nitrogens with zero attached hydrogens (tertiary/aromatic N) is 3. The molecule has 0 amide bonds. The number of hydrogen-bond donors (Lipinski definition) is 2. The fraction of sp³-hybridized carbons (Fsp3) is 0.406. The quantitative estimate of drug-likeness (QED) is 0.0950. The van der Waals surface area contributed by atoms with Crippen molar-refractivity contribution in [2.75, 3.05) is 39.2 Å². The van der Waals surface area contributed by atoms with Crippen molar-refractivity contribution in [3.8, 4) is 11.5 Å². The smallest absolute Gasteiger partial charge is 0.196 e. The van der Waals surface area contributed by atoms with Crippen molar-refractivity contribution in [3.63, 3.8) is 0 Å². The van der Waals surface area contributed by atoms with Crippen molar-refractivity contribution in [1.82, 2.24) is 19.9 Å². The predicted octanol–water partition coefficient (Wildman–Crippen LogP) is 6.69. The van der Waals surface area contributed by atoms with Crippen molar-refractivity contribution >= 4 is 34.2 Å². The number of hydrogen-bond acceptors (Lipinski definition) is 8. The third kappa shape index (κ3) is 7.46. The van der Waals surface area contributed by atoms with Gasteiger partial charge < -0.3 is 29.4 Å². The first-order valence-electron chi connectivity index (χ1n) is 14.5. The molecule has 4 aromatic rings. The molecule has 0 radical (unpaired) electrons. The van der Waals surface area contributed by atoms with E-state index < -0.39 is 0 Å². The van der Waals surface area contributed by atoms with Gasteiger partial charge in [0.05, 0.1) is 16.0 Å². The third-order valence-electron chi connectivity index (χ3n) is 7.66. The standard InChI is InChI=1S/C32H38ClN5O4/c1-40-28(41-2)13-7-4-8-16-38-17-9-10-22(20-38)37-32-29-26(19-34-31(29)35-21-36-32)30(39)25-15-14-24(18-27(25)33)42-23-11-5-3-6-12-23/h3,5-6,11-12,14-15,18-19,21-22,28H,4,7-10,13,16-17,20H2,1-2H3,(H2,34,35,36,37)/t22-/m1/s1. The average molecular weight is 592 g/mol. The minimum atomic E-state index is -0.204. The van der Waals surface area contributed by atoms with Crippen LogP contribution < -0.4 is 10.1 Å². The van der Waals surface area contributed by atoms with Gasteiger partial charge in [0.15, 0.2) is 12.1 Å². The van der Waals surface area contributed by atoms with Gasteiger partial charge >= 0.3 is 0 Å². The van der Waals surface area contributed by atoms with E-state index in [0.717, 1.165) is 58.2 Å². The van der Waals surface area contributed by atoms with Gasteiger partial charge in [0.1, 0.15) is 29.3 Å². The van der Waals surface area contributed by atoms with E-state index in [2.05, 4.69) is 25.2 Å². The molecule has 2 aromatic heterocycles. The number of carbonyl (C=O) groups is 1. The molecule has 5 rings (SSSR count). The van der Waals surface area contributed by atoms with Gasteiger partial charge in [-0.25, -0.2) is 9.97 Å². The number of ether oxygens (including phenoxy) is 3. The summed E-state index contributed by atoms with van der Waals surface area (Å²) in [6, 6.07) is 14.8. The molecule has 2 N–H and O–H groups in total. The number of ketones is 1. The molecule has 222 valence electrons. The number of para-hydroxylation sites is 1. The topological polar surface area (TPSA) is 102 Å². The Hall–Kier alpha value is -3.50. The number of aromatic amines is 1. The molecule has 3 heterocycles. The zero-order valence-corrected chi connectivity index (χ0v) is 24.9. The zero-order chi connectivity index (χ0) is 29.3. The molecule has 0 bridgehead atoms. The Morgan fingerprint density at radius 2 is 1.90 bits per heavy atom. The average Bonchev–Trinajstić information content (AvgIpc) is 3.45. The van der Waals surface area contributed by atoms with Gasteiger partial charge in [-0.1, -0.05) is 36.2 Å². The van der Waals surface area contributed by atoms with Crippen LogP contribution in [0.5, 0.6) is 11.5 Å². The molecule has 0 unspecified atom stereocenters. The molecule has 10 heteroatoms.